The summed E-state index contributed by atoms with van der Waals surface area (Å²) in [6.45, 7) is 35.1. The Labute approximate surface area is 312 Å². The van der Waals surface area contributed by atoms with E-state index >= 15 is 0 Å². The van der Waals surface area contributed by atoms with E-state index in [1.807, 2.05) is 39.0 Å². The zero-order valence-electron chi connectivity index (χ0n) is 34.9. The van der Waals surface area contributed by atoms with Crippen LogP contribution < -0.4 is 0 Å². The number of allylic oxidation sites excluding steroid dienone is 3. The number of esters is 1. The Hall–Kier alpha value is -1.73. The number of carbonyl (C=O) groups is 2. The zero-order valence-corrected chi connectivity index (χ0v) is 36.9. The third kappa shape index (κ3) is 11.6. The molecule has 3 heterocycles. The first-order valence-corrected chi connectivity index (χ1v) is 25.3. The largest absolute Gasteiger partial charge is 0.509 e. The fourth-order valence-electron chi connectivity index (χ4n) is 6.62. The van der Waals surface area contributed by atoms with Crippen LogP contribution >= 0.6 is 0 Å². The Morgan fingerprint density at radius 2 is 1.65 bits per heavy atom. The van der Waals surface area contributed by atoms with Crippen molar-refractivity contribution in [1.29, 1.82) is 0 Å². The molecule has 3 aliphatic rings. The van der Waals surface area contributed by atoms with Crippen LogP contribution in [0.2, 0.25) is 36.3 Å². The summed E-state index contributed by atoms with van der Waals surface area (Å²) in [6, 6.07) is 0. The smallest absolute Gasteiger partial charge is 0.457 e. The molecule has 0 aliphatic carbocycles. The van der Waals surface area contributed by atoms with Crippen molar-refractivity contribution in [3.05, 3.63) is 36.0 Å². The van der Waals surface area contributed by atoms with Crippen LogP contribution in [0.4, 0.5) is 4.79 Å². The molecule has 2 fully saturated rings. The maximum atomic E-state index is 13.6. The van der Waals surface area contributed by atoms with Crippen molar-refractivity contribution in [1.82, 2.24) is 0 Å². The number of carbonyl (C=O) groups excluding carboxylic acids is 2. The fourth-order valence-corrected chi connectivity index (χ4v) is 9.50. The lowest BCUT2D eigenvalue weighted by atomic mass is 9.89. The Balaban J connectivity index is 1.72. The van der Waals surface area contributed by atoms with Crippen LogP contribution in [0.3, 0.4) is 0 Å². The van der Waals surface area contributed by atoms with Gasteiger partial charge in [-0.25, -0.2) is 4.79 Å². The molecule has 8 nitrogen and oxygen atoms in total. The third-order valence-corrected chi connectivity index (χ3v) is 21.4. The minimum atomic E-state index is -2.20. The first kappa shape index (κ1) is 43.7. The number of fused-ring (bicyclic) bond motifs is 1. The highest BCUT2D eigenvalue weighted by atomic mass is 28.4. The van der Waals surface area contributed by atoms with Crippen LogP contribution in [-0.4, -0.2) is 71.0 Å². The molecule has 0 spiro atoms. The lowest BCUT2D eigenvalue weighted by Crippen LogP contribution is -2.46. The summed E-state index contributed by atoms with van der Waals surface area (Å²) in [7, 11) is -4.06. The molecule has 0 aromatic carbocycles. The quantitative estimate of drug-likeness (QED) is 0.0640. The molecule has 0 bridgehead atoms. The minimum Gasteiger partial charge on any atom is -0.457 e. The Morgan fingerprint density at radius 1 is 1.02 bits per heavy atom. The summed E-state index contributed by atoms with van der Waals surface area (Å²) in [5, 5.41) is 0.150. The van der Waals surface area contributed by atoms with Crippen molar-refractivity contribution in [2.24, 2.45) is 17.8 Å². The molecule has 51 heavy (non-hydrogen) atoms. The zero-order chi connectivity index (χ0) is 38.7. The van der Waals surface area contributed by atoms with Crippen LogP contribution in [0.25, 0.3) is 0 Å². The van der Waals surface area contributed by atoms with E-state index < -0.39 is 40.6 Å². The second-order valence-corrected chi connectivity index (χ2v) is 28.4. The van der Waals surface area contributed by atoms with Gasteiger partial charge in [-0.15, -0.1) is 0 Å². The van der Waals surface area contributed by atoms with E-state index in [1.165, 1.54) is 0 Å². The lowest BCUT2D eigenvalue weighted by Gasteiger charge is -2.40. The van der Waals surface area contributed by atoms with Gasteiger partial charge in [0, 0.05) is 17.9 Å². The van der Waals surface area contributed by atoms with E-state index in [9.17, 15) is 9.59 Å². The summed E-state index contributed by atoms with van der Waals surface area (Å²) >= 11 is 0. The Morgan fingerprint density at radius 3 is 2.24 bits per heavy atom. The third-order valence-electron chi connectivity index (χ3n) is 12.3. The molecule has 292 valence electrons. The van der Waals surface area contributed by atoms with Crippen molar-refractivity contribution in [2.75, 3.05) is 0 Å². The van der Waals surface area contributed by atoms with Gasteiger partial charge in [0.2, 0.25) is 0 Å². The van der Waals surface area contributed by atoms with Crippen molar-refractivity contribution in [2.45, 2.75) is 194 Å². The van der Waals surface area contributed by atoms with Gasteiger partial charge in [-0.05, 0) is 93.4 Å². The van der Waals surface area contributed by atoms with Gasteiger partial charge < -0.3 is 27.8 Å². The average molecular weight is 749 g/mol. The van der Waals surface area contributed by atoms with Crippen LogP contribution in [-0.2, 0) is 32.6 Å². The molecule has 0 aromatic rings. The van der Waals surface area contributed by atoms with Gasteiger partial charge in [0.05, 0.1) is 24.7 Å². The van der Waals surface area contributed by atoms with Crippen molar-refractivity contribution in [3.63, 3.8) is 0 Å². The maximum absolute atomic E-state index is 13.6. The van der Waals surface area contributed by atoms with Crippen molar-refractivity contribution < 1.29 is 37.4 Å². The van der Waals surface area contributed by atoms with E-state index in [0.717, 1.165) is 18.4 Å². The van der Waals surface area contributed by atoms with Gasteiger partial charge in [0.15, 0.2) is 28.3 Å². The van der Waals surface area contributed by atoms with E-state index in [1.54, 1.807) is 0 Å². The molecule has 0 amide bonds. The molecular weight excluding hydrogens is 677 g/mol. The standard InChI is InChI=1S/C41H72O8Si2/c1-17-32(49-51(15,16)40(9,10)11)30(5)37-33(44-37)25-27(2)19-18-20-28(3)36-29(4)21-22-34-41(12,47-38(43)45-34)24-23-31(26-35(42)46-36)48-50(13,14)39(6,7)8/h18-22,27,29-34,36-37H,17,23-26H2,1-16H3. The molecule has 3 aliphatic heterocycles. The number of rotatable bonds is 12. The van der Waals surface area contributed by atoms with Gasteiger partial charge in [0.1, 0.15) is 6.10 Å². The SMILES string of the molecule is CCC(O[Si](C)(C)C(C)(C)C)C(C)C1OC1CC(C)C=CC=C(C)C1OC(=O)CC(O[Si](C)(C)C(C)(C)C)CCC2(C)OC(=O)OC2C=CC1C. The molecule has 0 N–H and O–H groups in total. The normalized spacial score (nSPS) is 31.9. The van der Waals surface area contributed by atoms with E-state index in [0.29, 0.717) is 24.7 Å². The van der Waals surface area contributed by atoms with E-state index in [2.05, 4.69) is 101 Å². The highest BCUT2D eigenvalue weighted by molar-refractivity contribution is 6.74. The molecule has 0 saturated carbocycles. The number of hydrogen-bond donors (Lipinski definition) is 0. The van der Waals surface area contributed by atoms with Gasteiger partial charge >= 0.3 is 12.1 Å². The summed E-state index contributed by atoms with van der Waals surface area (Å²) < 4.78 is 37.3. The van der Waals surface area contributed by atoms with Crippen LogP contribution in [0.5, 0.6) is 0 Å². The van der Waals surface area contributed by atoms with Gasteiger partial charge in [-0.3, -0.25) is 4.79 Å². The summed E-state index contributed by atoms with van der Waals surface area (Å²) in [5.74, 6) is 0.213. The van der Waals surface area contributed by atoms with Crippen LogP contribution in [0, 0.1) is 17.8 Å². The molecule has 0 aromatic heterocycles. The van der Waals surface area contributed by atoms with Crippen LogP contribution in [0.15, 0.2) is 36.0 Å². The number of hydrogen-bond acceptors (Lipinski definition) is 8. The number of ether oxygens (including phenoxy) is 4. The second-order valence-electron chi connectivity index (χ2n) is 18.9. The Bertz CT molecular complexity index is 1290. The average Bonchev–Trinajstić information content (AvgIpc) is 3.68. The lowest BCUT2D eigenvalue weighted by molar-refractivity contribution is -0.151. The predicted octanol–water partition coefficient (Wildman–Crippen LogP) is 10.7. The molecule has 2 saturated heterocycles. The molecule has 0 radical (unpaired) electrons. The maximum Gasteiger partial charge on any atom is 0.509 e. The first-order valence-electron chi connectivity index (χ1n) is 19.4. The van der Waals surface area contributed by atoms with Gasteiger partial charge in [0.25, 0.3) is 0 Å². The summed E-state index contributed by atoms with van der Waals surface area (Å²) in [6.07, 6.45) is 11.9. The van der Waals surface area contributed by atoms with Gasteiger partial charge in [-0.1, -0.05) is 93.5 Å². The minimum absolute atomic E-state index is 0.0274. The fraction of sp³-hybridized carbons (Fsp3) is 0.805. The first-order chi connectivity index (χ1) is 23.3. The highest BCUT2D eigenvalue weighted by Gasteiger charge is 2.49. The number of cyclic esters (lactones) is 1. The second kappa shape index (κ2) is 16.7. The molecule has 3 rings (SSSR count). The molecule has 10 unspecified atom stereocenters. The molecule has 10 atom stereocenters. The van der Waals surface area contributed by atoms with E-state index in [4.69, 9.17) is 27.8 Å². The number of epoxide rings is 1. The summed E-state index contributed by atoms with van der Waals surface area (Å²) in [5.41, 5.74) is 0.0928. The summed E-state index contributed by atoms with van der Waals surface area (Å²) in [4.78, 5) is 25.9. The van der Waals surface area contributed by atoms with Crippen molar-refractivity contribution in [3.8, 4) is 0 Å². The van der Waals surface area contributed by atoms with Crippen molar-refractivity contribution >= 4 is 28.8 Å². The highest BCUT2D eigenvalue weighted by Crippen LogP contribution is 2.43. The topological polar surface area (TPSA) is 92.8 Å². The molecular formula is C41H72O8Si2. The van der Waals surface area contributed by atoms with Gasteiger partial charge in [-0.2, -0.15) is 0 Å². The monoisotopic (exact) mass is 748 g/mol. The van der Waals surface area contributed by atoms with Crippen LogP contribution in [0.1, 0.15) is 115 Å². The molecule has 10 heteroatoms. The van der Waals surface area contributed by atoms with E-state index in [-0.39, 0.29) is 52.8 Å². The predicted molar refractivity (Wildman–Crippen MR) is 211 cm³/mol. The Kier molecular flexibility index (Phi) is 14.3.